The van der Waals surface area contributed by atoms with Crippen molar-refractivity contribution in [1.82, 2.24) is 9.80 Å². The number of amides is 2. The molecule has 2 amide bonds. The van der Waals surface area contributed by atoms with Gasteiger partial charge in [-0.1, -0.05) is 24.3 Å². The van der Waals surface area contributed by atoms with Crippen molar-refractivity contribution in [2.75, 3.05) is 46.7 Å². The summed E-state index contributed by atoms with van der Waals surface area (Å²) in [4.78, 5) is 28.0. The number of ether oxygens (including phenoxy) is 2. The van der Waals surface area contributed by atoms with Crippen molar-refractivity contribution < 1.29 is 19.1 Å². The average Bonchev–Trinajstić information content (AvgIpc) is 2.68. The standard InChI is InChI=1S/C21H27N3O4/c1-23(14-20(25)22-17-9-7-10-18(12-17)27-3)15-21(26)24(2)13-16-8-5-6-11-19(16)28-4/h5-12H,13-15H2,1-4H3,(H,22,25). The Morgan fingerprint density at radius 3 is 2.43 bits per heavy atom. The van der Waals surface area contributed by atoms with Crippen molar-refractivity contribution in [3.05, 3.63) is 54.1 Å². The van der Waals surface area contributed by atoms with E-state index in [-0.39, 0.29) is 24.9 Å². The van der Waals surface area contributed by atoms with E-state index in [1.165, 1.54) is 0 Å². The van der Waals surface area contributed by atoms with Gasteiger partial charge in [-0.25, -0.2) is 0 Å². The number of carbonyl (C=O) groups is 2. The van der Waals surface area contributed by atoms with Gasteiger partial charge in [0.1, 0.15) is 11.5 Å². The maximum Gasteiger partial charge on any atom is 0.238 e. The third-order valence-electron chi connectivity index (χ3n) is 4.20. The quantitative estimate of drug-likeness (QED) is 0.717. The maximum atomic E-state index is 12.5. The molecular formula is C21H27N3O4. The summed E-state index contributed by atoms with van der Waals surface area (Å²) in [6, 6.07) is 14.7. The van der Waals surface area contributed by atoms with E-state index >= 15 is 0 Å². The van der Waals surface area contributed by atoms with Gasteiger partial charge >= 0.3 is 0 Å². The van der Waals surface area contributed by atoms with Crippen LogP contribution in [0, 0.1) is 0 Å². The molecule has 2 rings (SSSR count). The lowest BCUT2D eigenvalue weighted by Gasteiger charge is -2.22. The molecule has 2 aromatic carbocycles. The summed E-state index contributed by atoms with van der Waals surface area (Å²) in [5, 5.41) is 2.80. The lowest BCUT2D eigenvalue weighted by molar-refractivity contribution is -0.131. The van der Waals surface area contributed by atoms with E-state index < -0.39 is 0 Å². The van der Waals surface area contributed by atoms with E-state index in [0.29, 0.717) is 18.0 Å². The molecule has 0 saturated heterocycles. The maximum absolute atomic E-state index is 12.5. The van der Waals surface area contributed by atoms with Crippen LogP contribution in [-0.4, -0.2) is 63.0 Å². The number of hydrogen-bond donors (Lipinski definition) is 1. The molecule has 1 N–H and O–H groups in total. The summed E-state index contributed by atoms with van der Waals surface area (Å²) < 4.78 is 10.5. The van der Waals surface area contributed by atoms with Crippen LogP contribution >= 0.6 is 0 Å². The topological polar surface area (TPSA) is 71.1 Å². The Kier molecular flexibility index (Phi) is 7.83. The Morgan fingerprint density at radius 1 is 0.964 bits per heavy atom. The minimum Gasteiger partial charge on any atom is -0.497 e. The molecule has 0 aliphatic rings. The minimum atomic E-state index is -0.198. The van der Waals surface area contributed by atoms with Crippen LogP contribution in [0.1, 0.15) is 5.56 Å². The van der Waals surface area contributed by atoms with Crippen molar-refractivity contribution in [3.8, 4) is 11.5 Å². The number of hydrogen-bond acceptors (Lipinski definition) is 5. The summed E-state index contributed by atoms with van der Waals surface area (Å²) >= 11 is 0. The second-order valence-electron chi connectivity index (χ2n) is 6.51. The second kappa shape index (κ2) is 10.3. The zero-order valence-corrected chi connectivity index (χ0v) is 16.8. The van der Waals surface area contributed by atoms with Crippen LogP contribution in [0.4, 0.5) is 5.69 Å². The zero-order valence-electron chi connectivity index (χ0n) is 16.8. The SMILES string of the molecule is COc1cccc(NC(=O)CN(C)CC(=O)N(C)Cc2ccccc2OC)c1. The van der Waals surface area contributed by atoms with E-state index in [1.807, 2.05) is 24.3 Å². The van der Waals surface area contributed by atoms with Crippen molar-refractivity contribution in [2.45, 2.75) is 6.54 Å². The molecule has 0 aromatic heterocycles. The summed E-state index contributed by atoms with van der Waals surface area (Å²) in [7, 11) is 6.65. The fourth-order valence-corrected chi connectivity index (χ4v) is 2.73. The number of methoxy groups -OCH3 is 2. The van der Waals surface area contributed by atoms with Crippen LogP contribution < -0.4 is 14.8 Å². The van der Waals surface area contributed by atoms with E-state index in [9.17, 15) is 9.59 Å². The molecule has 0 bridgehead atoms. The van der Waals surface area contributed by atoms with Crippen molar-refractivity contribution >= 4 is 17.5 Å². The number of para-hydroxylation sites is 1. The molecule has 0 saturated carbocycles. The van der Waals surface area contributed by atoms with Gasteiger partial charge in [-0.15, -0.1) is 0 Å². The van der Waals surface area contributed by atoms with Crippen molar-refractivity contribution in [3.63, 3.8) is 0 Å². The smallest absolute Gasteiger partial charge is 0.238 e. The van der Waals surface area contributed by atoms with Gasteiger partial charge in [-0.3, -0.25) is 14.5 Å². The molecule has 2 aromatic rings. The molecule has 0 aliphatic heterocycles. The first-order valence-electron chi connectivity index (χ1n) is 8.91. The van der Waals surface area contributed by atoms with Crippen molar-refractivity contribution in [2.24, 2.45) is 0 Å². The minimum absolute atomic E-state index is 0.0809. The van der Waals surface area contributed by atoms with Crippen LogP contribution in [-0.2, 0) is 16.1 Å². The predicted octanol–water partition coefficient (Wildman–Crippen LogP) is 2.23. The highest BCUT2D eigenvalue weighted by atomic mass is 16.5. The van der Waals surface area contributed by atoms with Gasteiger partial charge in [-0.05, 0) is 25.2 Å². The highest BCUT2D eigenvalue weighted by Gasteiger charge is 2.16. The zero-order chi connectivity index (χ0) is 20.5. The van der Waals surface area contributed by atoms with Crippen LogP contribution in [0.3, 0.4) is 0 Å². The Bertz CT molecular complexity index is 810. The van der Waals surface area contributed by atoms with Gasteiger partial charge in [0.2, 0.25) is 11.8 Å². The Labute approximate surface area is 165 Å². The third-order valence-corrected chi connectivity index (χ3v) is 4.20. The van der Waals surface area contributed by atoms with Gasteiger partial charge in [0.15, 0.2) is 0 Å². The first kappa shape index (κ1) is 21.2. The van der Waals surface area contributed by atoms with E-state index in [4.69, 9.17) is 9.47 Å². The summed E-state index contributed by atoms with van der Waals surface area (Å²) in [5.74, 6) is 1.13. The Hall–Kier alpha value is -3.06. The molecule has 0 spiro atoms. The number of rotatable bonds is 9. The molecule has 28 heavy (non-hydrogen) atoms. The molecular weight excluding hydrogens is 358 g/mol. The van der Waals surface area contributed by atoms with Gasteiger partial charge < -0.3 is 19.7 Å². The molecule has 0 aliphatic carbocycles. The fourth-order valence-electron chi connectivity index (χ4n) is 2.73. The van der Waals surface area contributed by atoms with Crippen molar-refractivity contribution in [1.29, 1.82) is 0 Å². The molecule has 150 valence electrons. The first-order chi connectivity index (χ1) is 13.4. The molecule has 0 heterocycles. The number of benzene rings is 2. The first-order valence-corrected chi connectivity index (χ1v) is 8.91. The van der Waals surface area contributed by atoms with Crippen LogP contribution in [0.15, 0.2) is 48.5 Å². The van der Waals surface area contributed by atoms with Gasteiger partial charge in [0.25, 0.3) is 0 Å². The molecule has 0 atom stereocenters. The normalized spacial score (nSPS) is 10.5. The lowest BCUT2D eigenvalue weighted by atomic mass is 10.2. The fraction of sp³-hybridized carbons (Fsp3) is 0.333. The molecule has 7 nitrogen and oxygen atoms in total. The van der Waals surface area contributed by atoms with E-state index in [2.05, 4.69) is 5.32 Å². The summed E-state index contributed by atoms with van der Waals surface area (Å²) in [5.41, 5.74) is 1.58. The highest BCUT2D eigenvalue weighted by molar-refractivity contribution is 5.92. The third kappa shape index (κ3) is 6.28. The second-order valence-corrected chi connectivity index (χ2v) is 6.51. The number of nitrogens with one attached hydrogen (secondary N) is 1. The van der Waals surface area contributed by atoms with Crippen LogP contribution in [0.5, 0.6) is 11.5 Å². The van der Waals surface area contributed by atoms with Gasteiger partial charge in [0, 0.05) is 30.9 Å². The van der Waals surface area contributed by atoms with Crippen LogP contribution in [0.2, 0.25) is 0 Å². The van der Waals surface area contributed by atoms with Crippen LogP contribution in [0.25, 0.3) is 0 Å². The Balaban J connectivity index is 1.84. The van der Waals surface area contributed by atoms with E-state index in [1.54, 1.807) is 62.4 Å². The summed E-state index contributed by atoms with van der Waals surface area (Å²) in [6.45, 7) is 0.676. The lowest BCUT2D eigenvalue weighted by Crippen LogP contribution is -2.39. The largest absolute Gasteiger partial charge is 0.497 e. The van der Waals surface area contributed by atoms with Gasteiger partial charge in [0.05, 0.1) is 27.3 Å². The number of anilines is 1. The van der Waals surface area contributed by atoms with Gasteiger partial charge in [-0.2, -0.15) is 0 Å². The number of carbonyl (C=O) groups excluding carboxylic acids is 2. The number of nitrogens with zero attached hydrogens (tertiary/aromatic N) is 2. The predicted molar refractivity (Wildman–Crippen MR) is 109 cm³/mol. The monoisotopic (exact) mass is 385 g/mol. The molecule has 7 heteroatoms. The Morgan fingerprint density at radius 2 is 1.71 bits per heavy atom. The molecule has 0 radical (unpaired) electrons. The average molecular weight is 385 g/mol. The number of likely N-dealkylation sites (N-methyl/N-ethyl adjacent to an activating group) is 2. The molecule has 0 unspecified atom stereocenters. The van der Waals surface area contributed by atoms with E-state index in [0.717, 1.165) is 11.3 Å². The summed E-state index contributed by atoms with van der Waals surface area (Å²) in [6.07, 6.45) is 0. The highest BCUT2D eigenvalue weighted by Crippen LogP contribution is 2.19. The molecule has 0 fully saturated rings.